The van der Waals surface area contributed by atoms with E-state index in [2.05, 4.69) is 50.0 Å². The zero-order valence-electron chi connectivity index (χ0n) is 21.6. The Morgan fingerprint density at radius 3 is 2.46 bits per heavy atom. The van der Waals surface area contributed by atoms with E-state index in [4.69, 9.17) is 9.97 Å². The van der Waals surface area contributed by atoms with Crippen LogP contribution in [0.2, 0.25) is 0 Å². The van der Waals surface area contributed by atoms with Crippen LogP contribution in [0.5, 0.6) is 0 Å². The lowest BCUT2D eigenvalue weighted by Crippen LogP contribution is -2.29. The van der Waals surface area contributed by atoms with Gasteiger partial charge in [-0.2, -0.15) is 0 Å². The molecule has 1 aliphatic rings. The highest BCUT2D eigenvalue weighted by Gasteiger charge is 2.27. The number of benzene rings is 1. The second-order valence-corrected chi connectivity index (χ2v) is 10.6. The van der Waals surface area contributed by atoms with E-state index in [1.165, 1.54) is 36.0 Å². The molecule has 2 aromatic heterocycles. The third-order valence-electron chi connectivity index (χ3n) is 7.11. The molecule has 4 rings (SSSR count). The van der Waals surface area contributed by atoms with Crippen LogP contribution < -0.4 is 5.32 Å². The van der Waals surface area contributed by atoms with Gasteiger partial charge in [-0.05, 0) is 93.1 Å². The second-order valence-electron chi connectivity index (χ2n) is 10.6. The third kappa shape index (κ3) is 6.96. The fraction of sp³-hybridized carbons (Fsp3) is 0.467. The van der Waals surface area contributed by atoms with Gasteiger partial charge < -0.3 is 5.32 Å². The first-order valence-electron chi connectivity index (χ1n) is 12.9. The van der Waals surface area contributed by atoms with Crippen molar-refractivity contribution < 1.29 is 4.39 Å². The molecule has 4 nitrogen and oxygen atoms in total. The number of aromatic nitrogens is 2. The lowest BCUT2D eigenvalue weighted by atomic mass is 9.77. The van der Waals surface area contributed by atoms with Crippen LogP contribution in [-0.4, -0.2) is 34.0 Å². The Morgan fingerprint density at radius 1 is 1.00 bits per heavy atom. The number of hydrogen-bond donors (Lipinski definition) is 1. The van der Waals surface area contributed by atoms with Crippen molar-refractivity contribution in [2.45, 2.75) is 77.9 Å². The van der Waals surface area contributed by atoms with Crippen LogP contribution in [0.4, 0.5) is 4.39 Å². The first-order chi connectivity index (χ1) is 16.8. The molecule has 0 radical (unpaired) electrons. The van der Waals surface area contributed by atoms with Crippen LogP contribution in [-0.2, 0) is 18.5 Å². The number of hydrogen-bond acceptors (Lipinski definition) is 4. The minimum absolute atomic E-state index is 0.209. The summed E-state index contributed by atoms with van der Waals surface area (Å²) in [6, 6.07) is 14.0. The molecule has 0 aliphatic heterocycles. The van der Waals surface area contributed by atoms with Crippen molar-refractivity contribution in [2.24, 2.45) is 0 Å². The van der Waals surface area contributed by atoms with Gasteiger partial charge in [-0.15, -0.1) is 0 Å². The summed E-state index contributed by atoms with van der Waals surface area (Å²) in [4.78, 5) is 12.1. The minimum Gasteiger partial charge on any atom is -0.314 e. The van der Waals surface area contributed by atoms with Gasteiger partial charge in [0.1, 0.15) is 5.82 Å². The molecule has 5 heteroatoms. The Balaban J connectivity index is 1.53. The molecule has 0 atom stereocenters. The minimum atomic E-state index is -0.283. The highest BCUT2D eigenvalue weighted by molar-refractivity contribution is 5.39. The van der Waals surface area contributed by atoms with Crippen molar-refractivity contribution in [1.82, 2.24) is 20.2 Å². The van der Waals surface area contributed by atoms with E-state index in [1.54, 1.807) is 12.1 Å². The predicted molar refractivity (Wildman–Crippen MR) is 141 cm³/mol. The molecule has 35 heavy (non-hydrogen) atoms. The number of nitrogens with one attached hydrogen (secondary N) is 1. The average molecular weight is 475 g/mol. The zero-order valence-corrected chi connectivity index (χ0v) is 21.6. The quantitative estimate of drug-likeness (QED) is 0.322. The number of nitrogens with zero attached hydrogens (tertiary/aromatic N) is 3. The molecule has 0 saturated heterocycles. The van der Waals surface area contributed by atoms with Crippen molar-refractivity contribution in [3.8, 4) is 0 Å². The Morgan fingerprint density at radius 2 is 1.74 bits per heavy atom. The number of unbranched alkanes of at least 4 members (excludes halogenated alkanes) is 1. The van der Waals surface area contributed by atoms with E-state index in [0.29, 0.717) is 0 Å². The molecular formula is C30H39FN4. The van der Waals surface area contributed by atoms with Gasteiger partial charge in [0.2, 0.25) is 0 Å². The average Bonchev–Trinajstić information content (AvgIpc) is 3.65. The van der Waals surface area contributed by atoms with Gasteiger partial charge in [-0.3, -0.25) is 14.9 Å². The monoisotopic (exact) mass is 474 g/mol. The van der Waals surface area contributed by atoms with Gasteiger partial charge in [-0.25, -0.2) is 4.39 Å². The van der Waals surface area contributed by atoms with Gasteiger partial charge in [0.25, 0.3) is 0 Å². The molecule has 186 valence electrons. The molecule has 0 spiro atoms. The highest BCUT2D eigenvalue weighted by atomic mass is 19.1. The number of halogens is 1. The first-order valence-corrected chi connectivity index (χ1v) is 12.9. The van der Waals surface area contributed by atoms with Crippen LogP contribution in [0.15, 0.2) is 54.9 Å². The van der Waals surface area contributed by atoms with Crippen molar-refractivity contribution in [2.75, 3.05) is 13.1 Å². The summed E-state index contributed by atoms with van der Waals surface area (Å²) in [5, 5.41) is 3.63. The lowest BCUT2D eigenvalue weighted by molar-refractivity contribution is 0.243. The molecule has 1 N–H and O–H groups in total. The summed E-state index contributed by atoms with van der Waals surface area (Å²) >= 11 is 0. The molecule has 2 heterocycles. The van der Waals surface area contributed by atoms with E-state index in [9.17, 15) is 4.39 Å². The molecule has 1 saturated carbocycles. The van der Waals surface area contributed by atoms with E-state index in [-0.39, 0.29) is 11.2 Å². The number of aryl methyl sites for hydroxylation is 2. The van der Waals surface area contributed by atoms with Crippen molar-refractivity contribution in [3.63, 3.8) is 0 Å². The van der Waals surface area contributed by atoms with Gasteiger partial charge in [0.05, 0.1) is 11.4 Å². The summed E-state index contributed by atoms with van der Waals surface area (Å²) in [5.41, 5.74) is 6.61. The van der Waals surface area contributed by atoms with Crippen LogP contribution in [0.3, 0.4) is 0 Å². The Hall–Kier alpha value is -2.63. The summed E-state index contributed by atoms with van der Waals surface area (Å²) in [6.45, 7) is 12.3. The van der Waals surface area contributed by atoms with Crippen LogP contribution in [0.25, 0.3) is 0 Å². The molecular weight excluding hydrogens is 435 g/mol. The Bertz CT molecular complexity index is 1110. The maximum absolute atomic E-state index is 13.6. The van der Waals surface area contributed by atoms with E-state index in [0.717, 1.165) is 55.6 Å². The molecule has 3 aromatic rings. The maximum atomic E-state index is 13.6. The van der Waals surface area contributed by atoms with Gasteiger partial charge >= 0.3 is 0 Å². The van der Waals surface area contributed by atoms with Crippen molar-refractivity contribution in [3.05, 3.63) is 94.3 Å². The van der Waals surface area contributed by atoms with E-state index < -0.39 is 0 Å². The van der Waals surface area contributed by atoms with Crippen molar-refractivity contribution >= 4 is 0 Å². The van der Waals surface area contributed by atoms with Crippen LogP contribution in [0.1, 0.15) is 73.2 Å². The van der Waals surface area contributed by atoms with Crippen molar-refractivity contribution in [1.29, 1.82) is 0 Å². The standard InChI is InChI=1S/C30H39FN4/c1-22-18-23(2)28(34-19-22)20-35(17-6-5-15-32-26-13-14-26)21-29-27(8-7-16-33-29)30(3,4)24-9-11-25(31)12-10-24/h7-12,16,18-19,26,32H,5-6,13-15,17,20-21H2,1-4H3. The third-order valence-corrected chi connectivity index (χ3v) is 7.11. The van der Waals surface area contributed by atoms with Crippen LogP contribution in [0, 0.1) is 19.7 Å². The highest BCUT2D eigenvalue weighted by Crippen LogP contribution is 2.33. The largest absolute Gasteiger partial charge is 0.314 e. The van der Waals surface area contributed by atoms with Gasteiger partial charge in [0.15, 0.2) is 0 Å². The summed E-state index contributed by atoms with van der Waals surface area (Å²) in [5.74, 6) is -0.209. The summed E-state index contributed by atoms with van der Waals surface area (Å²) in [7, 11) is 0. The molecule has 0 unspecified atom stereocenters. The number of rotatable bonds is 12. The van der Waals surface area contributed by atoms with Gasteiger partial charge in [0, 0.05) is 36.9 Å². The molecule has 1 aromatic carbocycles. The number of pyridine rings is 2. The fourth-order valence-corrected chi connectivity index (χ4v) is 4.76. The first kappa shape index (κ1) is 25.5. The van der Waals surface area contributed by atoms with Crippen LogP contribution >= 0.6 is 0 Å². The molecule has 1 aliphatic carbocycles. The topological polar surface area (TPSA) is 41.1 Å². The zero-order chi connectivity index (χ0) is 24.8. The SMILES string of the molecule is Cc1cnc(CN(CCCCNC2CC2)Cc2ncccc2C(C)(C)c2ccc(F)cc2)c(C)c1. The predicted octanol–water partition coefficient (Wildman–Crippen LogP) is 6.09. The Kier molecular flexibility index (Phi) is 8.30. The Labute approximate surface area is 210 Å². The normalized spacial score (nSPS) is 14.0. The fourth-order valence-electron chi connectivity index (χ4n) is 4.76. The summed E-state index contributed by atoms with van der Waals surface area (Å²) < 4.78 is 13.6. The maximum Gasteiger partial charge on any atom is 0.123 e. The molecule has 0 amide bonds. The van der Waals surface area contributed by atoms with Gasteiger partial charge in [-0.1, -0.05) is 38.1 Å². The second kappa shape index (κ2) is 11.4. The molecule has 1 fully saturated rings. The smallest absolute Gasteiger partial charge is 0.123 e. The summed E-state index contributed by atoms with van der Waals surface area (Å²) in [6.07, 6.45) is 8.81. The molecule has 0 bridgehead atoms. The van der Waals surface area contributed by atoms with E-state index in [1.807, 2.05) is 30.6 Å². The van der Waals surface area contributed by atoms with E-state index >= 15 is 0 Å². The lowest BCUT2D eigenvalue weighted by Gasteiger charge is -2.30.